The van der Waals surface area contributed by atoms with Crippen LogP contribution in [0.25, 0.3) is 17.2 Å². The van der Waals surface area contributed by atoms with Crippen molar-refractivity contribution in [2.75, 3.05) is 4.90 Å². The Bertz CT molecular complexity index is 877. The quantitative estimate of drug-likeness (QED) is 0.795. The zero-order valence-electron chi connectivity index (χ0n) is 14.3. The highest BCUT2D eigenvalue weighted by atomic mass is 15.4. The summed E-state index contributed by atoms with van der Waals surface area (Å²) >= 11 is 0. The van der Waals surface area contributed by atoms with Gasteiger partial charge in [-0.05, 0) is 31.4 Å². The molecule has 1 saturated carbocycles. The Morgan fingerprint density at radius 2 is 2.16 bits per heavy atom. The van der Waals surface area contributed by atoms with Gasteiger partial charge in [0.25, 0.3) is 0 Å². The summed E-state index contributed by atoms with van der Waals surface area (Å²) in [6.07, 6.45) is 11.6. The molecule has 0 bridgehead atoms. The van der Waals surface area contributed by atoms with E-state index in [-0.39, 0.29) is 6.04 Å². The maximum Gasteiger partial charge on any atom is 0.178 e. The SMILES string of the molecule is CC[C@@H]1c2nncn2-c2cnc(-c3ccc[nH]3)nc2N1C1CCCC1. The molecule has 0 saturated heterocycles. The number of anilines is 1. The van der Waals surface area contributed by atoms with E-state index in [4.69, 9.17) is 4.98 Å². The zero-order valence-corrected chi connectivity index (χ0v) is 14.3. The van der Waals surface area contributed by atoms with E-state index < -0.39 is 0 Å². The standard InChI is InChI=1S/C18H21N7/c1-2-14-18-23-21-11-24(18)15-10-20-16(13-8-5-9-19-13)22-17(15)25(14)12-6-3-4-7-12/h5,8-12,14,19H,2-4,6-7H2,1H3/t14-/m1/s1. The maximum absolute atomic E-state index is 4.97. The Hall–Kier alpha value is -2.70. The van der Waals surface area contributed by atoms with E-state index in [0.717, 1.165) is 35.3 Å². The molecule has 7 nitrogen and oxygen atoms in total. The molecule has 1 aliphatic carbocycles. The minimum atomic E-state index is 0.212. The van der Waals surface area contributed by atoms with Crippen LogP contribution in [0.3, 0.4) is 0 Å². The lowest BCUT2D eigenvalue weighted by atomic mass is 10.0. The highest BCUT2D eigenvalue weighted by molar-refractivity contribution is 5.65. The minimum Gasteiger partial charge on any atom is -0.359 e. The molecule has 0 radical (unpaired) electrons. The molecule has 128 valence electrons. The number of aromatic nitrogens is 6. The Morgan fingerprint density at radius 3 is 2.92 bits per heavy atom. The van der Waals surface area contributed by atoms with Crippen molar-refractivity contribution in [3.63, 3.8) is 0 Å². The highest BCUT2D eigenvalue weighted by Crippen LogP contribution is 2.42. The molecule has 0 amide bonds. The number of fused-ring (bicyclic) bond motifs is 3. The number of H-pyrrole nitrogens is 1. The van der Waals surface area contributed by atoms with E-state index in [2.05, 4.69) is 32.0 Å². The largest absolute Gasteiger partial charge is 0.359 e. The summed E-state index contributed by atoms with van der Waals surface area (Å²) in [5.41, 5.74) is 1.92. The molecule has 0 spiro atoms. The molecule has 1 N–H and O–H groups in total. The van der Waals surface area contributed by atoms with Crippen molar-refractivity contribution in [2.24, 2.45) is 0 Å². The van der Waals surface area contributed by atoms with Crippen LogP contribution in [0.2, 0.25) is 0 Å². The lowest BCUT2D eigenvalue weighted by Crippen LogP contribution is -2.42. The Morgan fingerprint density at radius 1 is 1.28 bits per heavy atom. The fourth-order valence-electron chi connectivity index (χ4n) is 4.24. The average Bonchev–Trinajstić information content (AvgIpc) is 3.42. The van der Waals surface area contributed by atoms with E-state index in [1.54, 1.807) is 6.33 Å². The number of hydrogen-bond acceptors (Lipinski definition) is 5. The van der Waals surface area contributed by atoms with Crippen LogP contribution >= 0.6 is 0 Å². The lowest BCUT2D eigenvalue weighted by Gasteiger charge is -2.40. The molecule has 5 rings (SSSR count). The molecule has 1 atom stereocenters. The third-order valence-electron chi connectivity index (χ3n) is 5.41. The summed E-state index contributed by atoms with van der Waals surface area (Å²) in [6.45, 7) is 2.21. The van der Waals surface area contributed by atoms with Gasteiger partial charge in [0.2, 0.25) is 0 Å². The Kier molecular flexibility index (Phi) is 3.33. The average molecular weight is 335 g/mol. The number of rotatable bonds is 3. The predicted molar refractivity (Wildman–Crippen MR) is 94.5 cm³/mol. The van der Waals surface area contributed by atoms with Gasteiger partial charge in [-0.25, -0.2) is 9.97 Å². The van der Waals surface area contributed by atoms with Crippen molar-refractivity contribution >= 4 is 5.82 Å². The summed E-state index contributed by atoms with van der Waals surface area (Å²) in [4.78, 5) is 15.2. The summed E-state index contributed by atoms with van der Waals surface area (Å²) < 4.78 is 2.05. The first kappa shape index (κ1) is 14.6. The number of nitrogens with one attached hydrogen (secondary N) is 1. The second-order valence-corrected chi connectivity index (χ2v) is 6.81. The topological polar surface area (TPSA) is 75.5 Å². The van der Waals surface area contributed by atoms with E-state index >= 15 is 0 Å². The van der Waals surface area contributed by atoms with Gasteiger partial charge < -0.3 is 9.88 Å². The Labute approximate surface area is 146 Å². The predicted octanol–water partition coefficient (Wildman–Crippen LogP) is 3.27. The van der Waals surface area contributed by atoms with Crippen molar-refractivity contribution in [1.29, 1.82) is 0 Å². The van der Waals surface area contributed by atoms with E-state index in [0.29, 0.717) is 6.04 Å². The maximum atomic E-state index is 4.97. The molecule has 25 heavy (non-hydrogen) atoms. The normalized spacial score (nSPS) is 19.9. The van der Waals surface area contributed by atoms with Gasteiger partial charge >= 0.3 is 0 Å². The smallest absolute Gasteiger partial charge is 0.178 e. The monoisotopic (exact) mass is 335 g/mol. The minimum absolute atomic E-state index is 0.212. The number of hydrogen-bond donors (Lipinski definition) is 1. The van der Waals surface area contributed by atoms with Crippen LogP contribution in [-0.2, 0) is 0 Å². The molecule has 0 unspecified atom stereocenters. The molecule has 3 aromatic rings. The van der Waals surface area contributed by atoms with Crippen molar-refractivity contribution in [3.05, 3.63) is 36.7 Å². The molecular weight excluding hydrogens is 314 g/mol. The fraction of sp³-hybridized carbons (Fsp3) is 0.444. The van der Waals surface area contributed by atoms with Gasteiger partial charge in [0.05, 0.1) is 17.9 Å². The third-order valence-corrected chi connectivity index (χ3v) is 5.41. The van der Waals surface area contributed by atoms with Gasteiger partial charge in [0.15, 0.2) is 17.5 Å². The molecular formula is C18H21N7. The van der Waals surface area contributed by atoms with Crippen LogP contribution < -0.4 is 4.90 Å². The first-order chi connectivity index (χ1) is 12.4. The number of nitrogens with zero attached hydrogens (tertiary/aromatic N) is 6. The van der Waals surface area contributed by atoms with Crippen molar-refractivity contribution in [2.45, 2.75) is 51.1 Å². The molecule has 7 heteroatoms. The lowest BCUT2D eigenvalue weighted by molar-refractivity contribution is 0.469. The second-order valence-electron chi connectivity index (χ2n) is 6.81. The van der Waals surface area contributed by atoms with Gasteiger partial charge in [-0.3, -0.25) is 4.57 Å². The summed E-state index contributed by atoms with van der Waals surface area (Å²) in [7, 11) is 0. The molecule has 1 fully saturated rings. The van der Waals surface area contributed by atoms with Gasteiger partial charge in [-0.1, -0.05) is 19.8 Å². The van der Waals surface area contributed by atoms with E-state index in [9.17, 15) is 0 Å². The van der Waals surface area contributed by atoms with Gasteiger partial charge in [-0.15, -0.1) is 10.2 Å². The van der Waals surface area contributed by atoms with Crippen molar-refractivity contribution < 1.29 is 0 Å². The fourth-order valence-corrected chi connectivity index (χ4v) is 4.24. The summed E-state index contributed by atoms with van der Waals surface area (Å²) in [5.74, 6) is 2.74. The van der Waals surface area contributed by atoms with Crippen molar-refractivity contribution in [1.82, 2.24) is 29.7 Å². The van der Waals surface area contributed by atoms with Crippen molar-refractivity contribution in [3.8, 4) is 17.2 Å². The Balaban J connectivity index is 1.70. The first-order valence-corrected chi connectivity index (χ1v) is 9.06. The van der Waals surface area contributed by atoms with Gasteiger partial charge in [-0.2, -0.15) is 0 Å². The van der Waals surface area contributed by atoms with E-state index in [1.807, 2.05) is 29.1 Å². The second kappa shape index (κ2) is 5.68. The van der Waals surface area contributed by atoms with Crippen LogP contribution in [0.1, 0.15) is 50.9 Å². The summed E-state index contributed by atoms with van der Waals surface area (Å²) in [6, 6.07) is 4.70. The molecule has 0 aromatic carbocycles. The zero-order chi connectivity index (χ0) is 16.8. The van der Waals surface area contributed by atoms with Gasteiger partial charge in [0, 0.05) is 12.2 Å². The molecule has 1 aliphatic heterocycles. The van der Waals surface area contributed by atoms with Crippen LogP contribution in [-0.4, -0.2) is 35.8 Å². The molecule has 4 heterocycles. The van der Waals surface area contributed by atoms with Crippen LogP contribution in [0.4, 0.5) is 5.82 Å². The van der Waals surface area contributed by atoms with Crippen LogP contribution in [0.15, 0.2) is 30.9 Å². The summed E-state index contributed by atoms with van der Waals surface area (Å²) in [5, 5.41) is 8.57. The first-order valence-electron chi connectivity index (χ1n) is 9.06. The highest BCUT2D eigenvalue weighted by Gasteiger charge is 2.38. The van der Waals surface area contributed by atoms with Gasteiger partial charge in [0.1, 0.15) is 12.0 Å². The number of aromatic amines is 1. The van der Waals surface area contributed by atoms with Crippen LogP contribution in [0, 0.1) is 0 Å². The molecule has 2 aliphatic rings. The third kappa shape index (κ3) is 2.18. The molecule has 3 aromatic heterocycles. The van der Waals surface area contributed by atoms with Crippen LogP contribution in [0.5, 0.6) is 0 Å². The van der Waals surface area contributed by atoms with E-state index in [1.165, 1.54) is 25.7 Å².